The molecule has 3 heteroatoms. The van der Waals surface area contributed by atoms with Crippen molar-refractivity contribution in [2.24, 2.45) is 11.8 Å². The normalized spacial score (nSPS) is 28.8. The number of alkyl halides is 1. The van der Waals surface area contributed by atoms with Gasteiger partial charge in [-0.2, -0.15) is 5.10 Å². The van der Waals surface area contributed by atoms with Gasteiger partial charge < -0.3 is 0 Å². The lowest BCUT2D eigenvalue weighted by atomic mass is 9.93. The molecule has 0 amide bonds. The Morgan fingerprint density at radius 3 is 2.71 bits per heavy atom. The van der Waals surface area contributed by atoms with Gasteiger partial charge >= 0.3 is 0 Å². The fourth-order valence-corrected chi connectivity index (χ4v) is 3.21. The lowest BCUT2D eigenvalue weighted by molar-refractivity contribution is 0.406. The van der Waals surface area contributed by atoms with Crippen molar-refractivity contribution in [3.05, 3.63) is 17.5 Å². The molecule has 0 N–H and O–H groups in total. The third-order valence-electron chi connectivity index (χ3n) is 4.17. The van der Waals surface area contributed by atoms with Crippen LogP contribution in [-0.2, 0) is 19.4 Å². The first kappa shape index (κ1) is 12.9. The monoisotopic (exact) mass is 254 g/mol. The summed E-state index contributed by atoms with van der Waals surface area (Å²) in [4.78, 5) is 0. The van der Waals surface area contributed by atoms with E-state index >= 15 is 0 Å². The molecule has 17 heavy (non-hydrogen) atoms. The Labute approximate surface area is 109 Å². The standard InChI is InChI=1S/C14H23ClN2/c1-4-12-9-13(17(5-2)16-12)8-11-6-7-14(15)10(11)3/h9-11,14H,4-8H2,1-3H3. The van der Waals surface area contributed by atoms with Gasteiger partial charge in [-0.3, -0.25) is 4.68 Å². The molecular formula is C14H23ClN2. The molecule has 2 rings (SSSR count). The SMILES string of the molecule is CCc1cc(CC2CCC(Cl)C2C)n(CC)n1. The minimum atomic E-state index is 0.378. The summed E-state index contributed by atoms with van der Waals surface area (Å²) in [5.74, 6) is 1.38. The molecule has 1 heterocycles. The maximum atomic E-state index is 6.31. The van der Waals surface area contributed by atoms with E-state index in [-0.39, 0.29) is 0 Å². The fraction of sp³-hybridized carbons (Fsp3) is 0.786. The summed E-state index contributed by atoms with van der Waals surface area (Å²) < 4.78 is 2.16. The zero-order chi connectivity index (χ0) is 12.4. The van der Waals surface area contributed by atoms with Crippen molar-refractivity contribution < 1.29 is 0 Å². The minimum absolute atomic E-state index is 0.378. The molecule has 1 saturated carbocycles. The molecule has 96 valence electrons. The smallest absolute Gasteiger partial charge is 0.0624 e. The van der Waals surface area contributed by atoms with Crippen molar-refractivity contribution >= 4 is 11.6 Å². The van der Waals surface area contributed by atoms with E-state index in [1.54, 1.807) is 0 Å². The summed E-state index contributed by atoms with van der Waals surface area (Å²) in [7, 11) is 0. The van der Waals surface area contributed by atoms with E-state index < -0.39 is 0 Å². The molecule has 3 atom stereocenters. The Kier molecular flexibility index (Phi) is 4.13. The zero-order valence-electron chi connectivity index (χ0n) is 11.1. The van der Waals surface area contributed by atoms with E-state index in [0.29, 0.717) is 11.3 Å². The molecule has 0 radical (unpaired) electrons. The summed E-state index contributed by atoms with van der Waals surface area (Å²) >= 11 is 6.31. The second-order valence-electron chi connectivity index (χ2n) is 5.21. The third-order valence-corrected chi connectivity index (χ3v) is 4.79. The van der Waals surface area contributed by atoms with Crippen molar-refractivity contribution in [2.75, 3.05) is 0 Å². The van der Waals surface area contributed by atoms with Crippen LogP contribution in [0.25, 0.3) is 0 Å². The van der Waals surface area contributed by atoms with Crippen LogP contribution in [0.2, 0.25) is 0 Å². The highest BCUT2D eigenvalue weighted by molar-refractivity contribution is 6.20. The van der Waals surface area contributed by atoms with Crippen LogP contribution in [0.1, 0.15) is 45.0 Å². The number of aryl methyl sites for hydroxylation is 2. The van der Waals surface area contributed by atoms with Crippen LogP contribution in [-0.4, -0.2) is 15.2 Å². The number of aromatic nitrogens is 2. The molecule has 1 aliphatic carbocycles. The lowest BCUT2D eigenvalue weighted by Crippen LogP contribution is -2.15. The molecule has 2 nitrogen and oxygen atoms in total. The minimum Gasteiger partial charge on any atom is -0.270 e. The second-order valence-corrected chi connectivity index (χ2v) is 5.77. The van der Waals surface area contributed by atoms with Crippen molar-refractivity contribution in [1.82, 2.24) is 9.78 Å². The van der Waals surface area contributed by atoms with Gasteiger partial charge in [-0.05, 0) is 50.5 Å². The Hall–Kier alpha value is -0.500. The van der Waals surface area contributed by atoms with E-state index in [9.17, 15) is 0 Å². The van der Waals surface area contributed by atoms with Crippen LogP contribution in [0, 0.1) is 11.8 Å². The molecule has 3 unspecified atom stereocenters. The average Bonchev–Trinajstić information content (AvgIpc) is 2.87. The first-order chi connectivity index (χ1) is 8.15. The summed E-state index contributed by atoms with van der Waals surface area (Å²) in [6.07, 6.45) is 4.61. The highest BCUT2D eigenvalue weighted by Gasteiger charge is 2.31. The molecule has 0 bridgehead atoms. The predicted octanol–water partition coefficient (Wildman–Crippen LogP) is 3.66. The van der Waals surface area contributed by atoms with E-state index in [1.165, 1.54) is 24.2 Å². The van der Waals surface area contributed by atoms with Gasteiger partial charge in [0.25, 0.3) is 0 Å². The van der Waals surface area contributed by atoms with Gasteiger partial charge in [0.1, 0.15) is 0 Å². The van der Waals surface area contributed by atoms with Crippen molar-refractivity contribution in [1.29, 1.82) is 0 Å². The largest absolute Gasteiger partial charge is 0.270 e. The summed E-state index contributed by atoms with van der Waals surface area (Å²) in [6, 6.07) is 2.28. The van der Waals surface area contributed by atoms with Crippen LogP contribution < -0.4 is 0 Å². The van der Waals surface area contributed by atoms with Gasteiger partial charge in [0.05, 0.1) is 5.69 Å². The number of nitrogens with zero attached hydrogens (tertiary/aromatic N) is 2. The van der Waals surface area contributed by atoms with E-state index in [2.05, 4.69) is 36.6 Å². The molecule has 1 aromatic heterocycles. The molecule has 1 fully saturated rings. The number of rotatable bonds is 4. The molecule has 1 aromatic rings. The van der Waals surface area contributed by atoms with Gasteiger partial charge in [-0.25, -0.2) is 0 Å². The highest BCUT2D eigenvalue weighted by Crippen LogP contribution is 2.37. The molecule has 0 aromatic carbocycles. The van der Waals surface area contributed by atoms with Crippen LogP contribution >= 0.6 is 11.6 Å². The van der Waals surface area contributed by atoms with Gasteiger partial charge in [0.2, 0.25) is 0 Å². The first-order valence-corrected chi connectivity index (χ1v) is 7.29. The van der Waals surface area contributed by atoms with Crippen molar-refractivity contribution in [3.8, 4) is 0 Å². The maximum Gasteiger partial charge on any atom is 0.0624 e. The van der Waals surface area contributed by atoms with Gasteiger partial charge in [-0.1, -0.05) is 13.8 Å². The van der Waals surface area contributed by atoms with Gasteiger partial charge in [0, 0.05) is 17.6 Å². The van der Waals surface area contributed by atoms with Crippen molar-refractivity contribution in [3.63, 3.8) is 0 Å². The summed E-state index contributed by atoms with van der Waals surface area (Å²) in [6.45, 7) is 7.60. The predicted molar refractivity (Wildman–Crippen MR) is 72.5 cm³/mol. The highest BCUT2D eigenvalue weighted by atomic mass is 35.5. The van der Waals surface area contributed by atoms with E-state index in [4.69, 9.17) is 11.6 Å². The van der Waals surface area contributed by atoms with Crippen molar-refractivity contribution in [2.45, 2.75) is 58.4 Å². The number of halogens is 1. The zero-order valence-corrected chi connectivity index (χ0v) is 11.9. The van der Waals surface area contributed by atoms with Gasteiger partial charge in [0.15, 0.2) is 0 Å². The summed E-state index contributed by atoms with van der Waals surface area (Å²) in [5, 5.41) is 5.00. The Balaban J connectivity index is 2.10. The van der Waals surface area contributed by atoms with Crippen LogP contribution in [0.5, 0.6) is 0 Å². The molecule has 0 spiro atoms. The molecule has 0 aliphatic heterocycles. The second kappa shape index (κ2) is 5.43. The topological polar surface area (TPSA) is 17.8 Å². The quantitative estimate of drug-likeness (QED) is 0.750. The Morgan fingerprint density at radius 1 is 1.41 bits per heavy atom. The summed E-state index contributed by atoms with van der Waals surface area (Å²) in [5.41, 5.74) is 2.61. The molecular weight excluding hydrogens is 232 g/mol. The number of hydrogen-bond acceptors (Lipinski definition) is 1. The maximum absolute atomic E-state index is 6.31. The third kappa shape index (κ3) is 2.67. The van der Waals surface area contributed by atoms with E-state index in [0.717, 1.165) is 25.3 Å². The van der Waals surface area contributed by atoms with E-state index in [1.807, 2.05) is 0 Å². The first-order valence-electron chi connectivity index (χ1n) is 6.85. The number of hydrogen-bond donors (Lipinski definition) is 0. The molecule has 1 aliphatic rings. The Morgan fingerprint density at radius 2 is 2.18 bits per heavy atom. The fourth-order valence-electron chi connectivity index (χ4n) is 2.88. The lowest BCUT2D eigenvalue weighted by Gasteiger charge is -2.17. The Bertz CT molecular complexity index is 372. The van der Waals surface area contributed by atoms with Crippen LogP contribution in [0.3, 0.4) is 0 Å². The average molecular weight is 255 g/mol. The van der Waals surface area contributed by atoms with Crippen LogP contribution in [0.15, 0.2) is 6.07 Å². The van der Waals surface area contributed by atoms with Crippen LogP contribution in [0.4, 0.5) is 0 Å². The molecule has 0 saturated heterocycles. The van der Waals surface area contributed by atoms with Gasteiger partial charge in [-0.15, -0.1) is 11.6 Å².